The topological polar surface area (TPSA) is 78.4 Å². The van der Waals surface area contributed by atoms with E-state index in [1.165, 1.54) is 18.4 Å². The van der Waals surface area contributed by atoms with Gasteiger partial charge in [0.1, 0.15) is 5.76 Å². The van der Waals surface area contributed by atoms with Gasteiger partial charge in [0.15, 0.2) is 6.10 Å². The molecule has 2 heterocycles. The van der Waals surface area contributed by atoms with Crippen LogP contribution in [0.4, 0.5) is 0 Å². The van der Waals surface area contributed by atoms with Gasteiger partial charge in [-0.1, -0.05) is 18.2 Å². The average molecular weight is 310 g/mol. The van der Waals surface area contributed by atoms with Crippen molar-refractivity contribution in [2.24, 2.45) is 0 Å². The van der Waals surface area contributed by atoms with Gasteiger partial charge in [-0.3, -0.25) is 0 Å². The van der Waals surface area contributed by atoms with E-state index in [1.54, 1.807) is 19.1 Å². The molecule has 0 N–H and O–H groups in total. The summed E-state index contributed by atoms with van der Waals surface area (Å²) >= 11 is 0. The van der Waals surface area contributed by atoms with Gasteiger partial charge in [-0.2, -0.15) is 0 Å². The molecule has 0 saturated carbocycles. The molecule has 116 valence electrons. The molecular formula is C17H14N2O4. The van der Waals surface area contributed by atoms with Crippen molar-refractivity contribution in [3.63, 3.8) is 0 Å². The number of carbonyl (C=O) groups is 1. The molecular weight excluding hydrogens is 296 g/mol. The zero-order valence-corrected chi connectivity index (χ0v) is 12.4. The smallest absolute Gasteiger partial charge is 0.331 e. The van der Waals surface area contributed by atoms with Crippen LogP contribution in [0.3, 0.4) is 0 Å². The van der Waals surface area contributed by atoms with Crippen LogP contribution in [0.5, 0.6) is 0 Å². The Morgan fingerprint density at radius 1 is 1.17 bits per heavy atom. The Morgan fingerprint density at radius 3 is 2.74 bits per heavy atom. The van der Waals surface area contributed by atoms with E-state index in [-0.39, 0.29) is 5.89 Å². The summed E-state index contributed by atoms with van der Waals surface area (Å²) in [6, 6.07) is 12.8. The van der Waals surface area contributed by atoms with Crippen LogP contribution in [0.25, 0.3) is 17.5 Å². The fourth-order valence-electron chi connectivity index (χ4n) is 1.90. The third-order valence-electron chi connectivity index (χ3n) is 3.03. The van der Waals surface area contributed by atoms with Crippen LogP contribution >= 0.6 is 0 Å². The second-order valence-corrected chi connectivity index (χ2v) is 4.74. The molecule has 23 heavy (non-hydrogen) atoms. The number of rotatable bonds is 5. The summed E-state index contributed by atoms with van der Waals surface area (Å²) < 4.78 is 15.9. The van der Waals surface area contributed by atoms with Crippen molar-refractivity contribution in [3.05, 3.63) is 66.5 Å². The highest BCUT2D eigenvalue weighted by atomic mass is 16.6. The molecule has 0 spiro atoms. The van der Waals surface area contributed by atoms with Gasteiger partial charge in [0.2, 0.25) is 5.89 Å². The van der Waals surface area contributed by atoms with Crippen LogP contribution in [0.2, 0.25) is 0 Å². The molecule has 2 aromatic heterocycles. The average Bonchev–Trinajstić information content (AvgIpc) is 3.25. The second-order valence-electron chi connectivity index (χ2n) is 4.74. The predicted molar refractivity (Wildman–Crippen MR) is 82.0 cm³/mol. The molecule has 1 aromatic carbocycles. The van der Waals surface area contributed by atoms with Gasteiger partial charge < -0.3 is 13.6 Å². The fourth-order valence-corrected chi connectivity index (χ4v) is 1.90. The Bertz CT molecular complexity index is 791. The summed E-state index contributed by atoms with van der Waals surface area (Å²) in [7, 11) is 0. The summed E-state index contributed by atoms with van der Waals surface area (Å²) in [5.41, 5.74) is 0.808. The summed E-state index contributed by atoms with van der Waals surface area (Å²) in [6.45, 7) is 1.67. The first-order valence-electron chi connectivity index (χ1n) is 7.03. The highest BCUT2D eigenvalue weighted by Gasteiger charge is 2.17. The maximum absolute atomic E-state index is 11.8. The first-order chi connectivity index (χ1) is 11.2. The first-order valence-corrected chi connectivity index (χ1v) is 7.03. The molecule has 6 nitrogen and oxygen atoms in total. The fraction of sp³-hybridized carbons (Fsp3) is 0.118. The third kappa shape index (κ3) is 3.74. The SMILES string of the molecule is C[C@@H](OC(=O)/C=C/c1ccco1)c1nnc(-c2ccccc2)o1. The summed E-state index contributed by atoms with van der Waals surface area (Å²) in [5.74, 6) is 0.672. The standard InChI is InChI=1S/C17H14N2O4/c1-12(22-15(20)10-9-14-8-5-11-21-14)16-18-19-17(23-16)13-6-3-2-4-7-13/h2-12H,1H3/b10-9+/t12-/m1/s1. The van der Waals surface area contributed by atoms with Crippen LogP contribution < -0.4 is 0 Å². The Balaban J connectivity index is 1.63. The van der Waals surface area contributed by atoms with E-state index in [2.05, 4.69) is 10.2 Å². The molecule has 3 rings (SSSR count). The van der Waals surface area contributed by atoms with E-state index in [1.807, 2.05) is 30.3 Å². The number of ether oxygens (including phenoxy) is 1. The van der Waals surface area contributed by atoms with E-state index in [0.29, 0.717) is 11.7 Å². The van der Waals surface area contributed by atoms with Crippen molar-refractivity contribution >= 4 is 12.0 Å². The number of aromatic nitrogens is 2. The number of esters is 1. The molecule has 6 heteroatoms. The molecule has 0 aliphatic heterocycles. The lowest BCUT2D eigenvalue weighted by Crippen LogP contribution is -2.06. The Morgan fingerprint density at radius 2 is 2.00 bits per heavy atom. The number of furan rings is 1. The highest BCUT2D eigenvalue weighted by Crippen LogP contribution is 2.22. The number of hydrogen-bond acceptors (Lipinski definition) is 6. The van der Waals surface area contributed by atoms with Crippen molar-refractivity contribution < 1.29 is 18.4 Å². The highest BCUT2D eigenvalue weighted by molar-refractivity contribution is 5.86. The second kappa shape index (κ2) is 6.74. The van der Waals surface area contributed by atoms with Crippen LogP contribution in [0, 0.1) is 0 Å². The zero-order chi connectivity index (χ0) is 16.1. The van der Waals surface area contributed by atoms with Crippen molar-refractivity contribution in [2.45, 2.75) is 13.0 Å². The van der Waals surface area contributed by atoms with Crippen LogP contribution in [-0.2, 0) is 9.53 Å². The number of hydrogen-bond donors (Lipinski definition) is 0. The number of nitrogens with zero attached hydrogens (tertiary/aromatic N) is 2. The van der Waals surface area contributed by atoms with Gasteiger partial charge in [-0.15, -0.1) is 10.2 Å². The van der Waals surface area contributed by atoms with Crippen molar-refractivity contribution in [1.29, 1.82) is 0 Å². The van der Waals surface area contributed by atoms with Gasteiger partial charge >= 0.3 is 5.97 Å². The molecule has 0 unspecified atom stereocenters. The van der Waals surface area contributed by atoms with Gasteiger partial charge in [-0.05, 0) is 37.3 Å². The molecule has 0 amide bonds. The lowest BCUT2D eigenvalue weighted by atomic mass is 10.2. The minimum Gasteiger partial charge on any atom is -0.465 e. The summed E-state index contributed by atoms with van der Waals surface area (Å²) in [4.78, 5) is 11.8. The van der Waals surface area contributed by atoms with Crippen molar-refractivity contribution in [3.8, 4) is 11.5 Å². The van der Waals surface area contributed by atoms with Crippen LogP contribution in [0.1, 0.15) is 24.7 Å². The predicted octanol–water partition coefficient (Wildman–Crippen LogP) is 3.65. The van der Waals surface area contributed by atoms with E-state index >= 15 is 0 Å². The van der Waals surface area contributed by atoms with Crippen molar-refractivity contribution in [2.75, 3.05) is 0 Å². The quantitative estimate of drug-likeness (QED) is 0.529. The molecule has 0 saturated heterocycles. The number of carbonyl (C=O) groups excluding carboxylic acids is 1. The molecule has 0 radical (unpaired) electrons. The third-order valence-corrected chi connectivity index (χ3v) is 3.03. The Kier molecular flexibility index (Phi) is 4.33. The van der Waals surface area contributed by atoms with Gasteiger partial charge in [0.25, 0.3) is 5.89 Å². The molecule has 0 aliphatic rings. The number of benzene rings is 1. The molecule has 1 atom stereocenters. The van der Waals surface area contributed by atoms with Gasteiger partial charge in [0, 0.05) is 11.6 Å². The van der Waals surface area contributed by atoms with Crippen LogP contribution in [-0.4, -0.2) is 16.2 Å². The van der Waals surface area contributed by atoms with Crippen LogP contribution in [0.15, 0.2) is 63.6 Å². The first kappa shape index (κ1) is 14.8. The maximum Gasteiger partial charge on any atom is 0.331 e. The lowest BCUT2D eigenvalue weighted by molar-refractivity contribution is -0.143. The van der Waals surface area contributed by atoms with E-state index in [9.17, 15) is 4.79 Å². The van der Waals surface area contributed by atoms with Crippen molar-refractivity contribution in [1.82, 2.24) is 10.2 Å². The molecule has 0 bridgehead atoms. The van der Waals surface area contributed by atoms with Gasteiger partial charge in [0.05, 0.1) is 6.26 Å². The molecule has 0 fully saturated rings. The molecule has 0 aliphatic carbocycles. The van der Waals surface area contributed by atoms with Gasteiger partial charge in [-0.25, -0.2) is 4.79 Å². The Labute approximate surface area is 132 Å². The molecule has 3 aromatic rings. The van der Waals surface area contributed by atoms with E-state index in [0.717, 1.165) is 5.56 Å². The minimum absolute atomic E-state index is 0.239. The summed E-state index contributed by atoms with van der Waals surface area (Å²) in [5, 5.41) is 7.88. The van der Waals surface area contributed by atoms with E-state index in [4.69, 9.17) is 13.6 Å². The zero-order valence-electron chi connectivity index (χ0n) is 12.4. The summed E-state index contributed by atoms with van der Waals surface area (Å²) in [6.07, 6.45) is 3.69. The normalized spacial score (nSPS) is 12.4. The lowest BCUT2D eigenvalue weighted by Gasteiger charge is -2.06. The Hall–Kier alpha value is -3.15. The maximum atomic E-state index is 11.8. The minimum atomic E-state index is -0.645. The largest absolute Gasteiger partial charge is 0.465 e. The monoisotopic (exact) mass is 310 g/mol. The van der Waals surface area contributed by atoms with E-state index < -0.39 is 12.1 Å².